The quantitative estimate of drug-likeness (QED) is 0.836. The summed E-state index contributed by atoms with van der Waals surface area (Å²) in [4.78, 5) is 22.1. The first-order valence-electron chi connectivity index (χ1n) is 9.79. The Bertz CT molecular complexity index is 772. The molecule has 2 aliphatic rings. The number of aromatic nitrogens is 1. The Morgan fingerprint density at radius 3 is 2.70 bits per heavy atom. The van der Waals surface area contributed by atoms with Crippen molar-refractivity contribution in [2.75, 3.05) is 26.7 Å². The molecule has 0 N–H and O–H groups in total. The SMILES string of the molecule is CN1CCC(N(Cc2ccncc2)C(=O)[C@@H]2COc3ccccc3C2)CC1. The van der Waals surface area contributed by atoms with Crippen LogP contribution in [0.25, 0.3) is 0 Å². The molecule has 0 radical (unpaired) electrons. The Kier molecular flexibility index (Phi) is 5.39. The predicted molar refractivity (Wildman–Crippen MR) is 104 cm³/mol. The molecule has 5 nitrogen and oxygen atoms in total. The number of hydrogen-bond acceptors (Lipinski definition) is 4. The maximum atomic E-state index is 13.5. The van der Waals surface area contributed by atoms with Gasteiger partial charge in [0.25, 0.3) is 0 Å². The second-order valence-electron chi connectivity index (χ2n) is 7.68. The Morgan fingerprint density at radius 2 is 1.93 bits per heavy atom. The molecular formula is C22H27N3O2. The summed E-state index contributed by atoms with van der Waals surface area (Å²) in [5.41, 5.74) is 2.27. The van der Waals surface area contributed by atoms with Gasteiger partial charge in [-0.15, -0.1) is 0 Å². The summed E-state index contributed by atoms with van der Waals surface area (Å²) < 4.78 is 5.90. The van der Waals surface area contributed by atoms with Crippen molar-refractivity contribution in [2.45, 2.75) is 31.8 Å². The zero-order valence-corrected chi connectivity index (χ0v) is 15.9. The molecular weight excluding hydrogens is 338 g/mol. The first-order chi connectivity index (χ1) is 13.2. The fourth-order valence-electron chi connectivity index (χ4n) is 4.10. The van der Waals surface area contributed by atoms with Crippen LogP contribution in [0.5, 0.6) is 5.75 Å². The summed E-state index contributed by atoms with van der Waals surface area (Å²) in [6.45, 7) is 3.19. The third-order valence-corrected chi connectivity index (χ3v) is 5.74. The van der Waals surface area contributed by atoms with Crippen LogP contribution in [0.3, 0.4) is 0 Å². The summed E-state index contributed by atoms with van der Waals surface area (Å²) in [5, 5.41) is 0. The van der Waals surface area contributed by atoms with Crippen LogP contribution in [0.15, 0.2) is 48.8 Å². The molecule has 1 aromatic carbocycles. The normalized spacial score (nSPS) is 20.6. The predicted octanol–water partition coefficient (Wildman–Crippen LogP) is 2.76. The Morgan fingerprint density at radius 1 is 1.19 bits per heavy atom. The van der Waals surface area contributed by atoms with Crippen molar-refractivity contribution in [3.8, 4) is 5.75 Å². The number of piperidine rings is 1. The Hall–Kier alpha value is -2.40. The maximum Gasteiger partial charge on any atom is 0.230 e. The smallest absolute Gasteiger partial charge is 0.230 e. The van der Waals surface area contributed by atoms with E-state index in [0.717, 1.165) is 49.2 Å². The maximum absolute atomic E-state index is 13.5. The van der Waals surface area contributed by atoms with Crippen LogP contribution in [-0.4, -0.2) is 53.5 Å². The fourth-order valence-corrected chi connectivity index (χ4v) is 4.10. The summed E-state index contributed by atoms with van der Waals surface area (Å²) >= 11 is 0. The lowest BCUT2D eigenvalue weighted by atomic mass is 9.93. The molecule has 0 saturated carbocycles. The highest BCUT2D eigenvalue weighted by Crippen LogP contribution is 2.29. The molecule has 0 aliphatic carbocycles. The lowest BCUT2D eigenvalue weighted by molar-refractivity contribution is -0.141. The van der Waals surface area contributed by atoms with Crippen LogP contribution >= 0.6 is 0 Å². The molecule has 142 valence electrons. The van der Waals surface area contributed by atoms with Gasteiger partial charge in [-0.05, 0) is 68.7 Å². The van der Waals surface area contributed by atoms with E-state index >= 15 is 0 Å². The number of amides is 1. The van der Waals surface area contributed by atoms with E-state index in [-0.39, 0.29) is 11.8 Å². The van der Waals surface area contributed by atoms with Gasteiger partial charge in [-0.25, -0.2) is 0 Å². The summed E-state index contributed by atoms with van der Waals surface area (Å²) in [5.74, 6) is 1.03. The lowest BCUT2D eigenvalue weighted by Crippen LogP contribution is -2.49. The monoisotopic (exact) mass is 365 g/mol. The molecule has 1 atom stereocenters. The number of fused-ring (bicyclic) bond motifs is 1. The van der Waals surface area contributed by atoms with Crippen molar-refractivity contribution in [3.05, 3.63) is 59.9 Å². The van der Waals surface area contributed by atoms with Crippen LogP contribution in [0.2, 0.25) is 0 Å². The van der Waals surface area contributed by atoms with Crippen molar-refractivity contribution in [1.29, 1.82) is 0 Å². The van der Waals surface area contributed by atoms with Crippen molar-refractivity contribution < 1.29 is 9.53 Å². The number of benzene rings is 1. The minimum atomic E-state index is -0.110. The number of nitrogens with zero attached hydrogens (tertiary/aromatic N) is 3. The number of likely N-dealkylation sites (tertiary alicyclic amines) is 1. The number of rotatable bonds is 4. The van der Waals surface area contributed by atoms with E-state index in [2.05, 4.69) is 27.9 Å². The molecule has 0 spiro atoms. The molecule has 1 fully saturated rings. The van der Waals surface area contributed by atoms with Crippen LogP contribution in [0.1, 0.15) is 24.0 Å². The summed E-state index contributed by atoms with van der Waals surface area (Å²) in [7, 11) is 2.15. The fraction of sp³-hybridized carbons (Fsp3) is 0.455. The van der Waals surface area contributed by atoms with Gasteiger partial charge < -0.3 is 14.5 Å². The lowest BCUT2D eigenvalue weighted by Gasteiger charge is -2.39. The van der Waals surface area contributed by atoms with E-state index in [4.69, 9.17) is 4.74 Å². The zero-order chi connectivity index (χ0) is 18.6. The van der Waals surface area contributed by atoms with Crippen LogP contribution in [0.4, 0.5) is 0 Å². The van der Waals surface area contributed by atoms with Gasteiger partial charge in [-0.3, -0.25) is 9.78 Å². The van der Waals surface area contributed by atoms with Gasteiger partial charge in [0, 0.05) is 25.0 Å². The van der Waals surface area contributed by atoms with Crippen molar-refractivity contribution >= 4 is 5.91 Å². The molecule has 2 aliphatic heterocycles. The number of carbonyl (C=O) groups is 1. The van der Waals surface area contributed by atoms with Gasteiger partial charge in [0.1, 0.15) is 12.4 Å². The minimum Gasteiger partial charge on any atom is -0.492 e. The first-order valence-corrected chi connectivity index (χ1v) is 9.79. The Balaban J connectivity index is 1.53. The molecule has 1 amide bonds. The third kappa shape index (κ3) is 4.14. The van der Waals surface area contributed by atoms with Crippen molar-refractivity contribution in [3.63, 3.8) is 0 Å². The molecule has 3 heterocycles. The van der Waals surface area contributed by atoms with Crippen LogP contribution < -0.4 is 4.74 Å². The largest absolute Gasteiger partial charge is 0.492 e. The van der Waals surface area contributed by atoms with Crippen molar-refractivity contribution in [1.82, 2.24) is 14.8 Å². The van der Waals surface area contributed by atoms with Gasteiger partial charge in [0.15, 0.2) is 0 Å². The third-order valence-electron chi connectivity index (χ3n) is 5.74. The number of pyridine rings is 1. The first kappa shape index (κ1) is 18.0. The topological polar surface area (TPSA) is 45.7 Å². The number of para-hydroxylation sites is 1. The molecule has 0 unspecified atom stereocenters. The highest BCUT2D eigenvalue weighted by Gasteiger charge is 2.34. The number of ether oxygens (including phenoxy) is 1. The van der Waals surface area contributed by atoms with Gasteiger partial charge in [0.05, 0.1) is 5.92 Å². The highest BCUT2D eigenvalue weighted by atomic mass is 16.5. The van der Waals surface area contributed by atoms with Gasteiger partial charge in [-0.1, -0.05) is 18.2 Å². The second-order valence-corrected chi connectivity index (χ2v) is 7.68. The summed E-state index contributed by atoms with van der Waals surface area (Å²) in [6.07, 6.45) is 6.41. The summed E-state index contributed by atoms with van der Waals surface area (Å²) in [6, 6.07) is 12.3. The van der Waals surface area contributed by atoms with E-state index in [0.29, 0.717) is 19.2 Å². The minimum absolute atomic E-state index is 0.110. The molecule has 0 bridgehead atoms. The number of hydrogen-bond donors (Lipinski definition) is 0. The van der Waals surface area contributed by atoms with E-state index < -0.39 is 0 Å². The second kappa shape index (κ2) is 8.09. The molecule has 2 aromatic rings. The van der Waals surface area contributed by atoms with Gasteiger partial charge >= 0.3 is 0 Å². The molecule has 27 heavy (non-hydrogen) atoms. The molecule has 1 aromatic heterocycles. The van der Waals surface area contributed by atoms with Gasteiger partial charge in [-0.2, -0.15) is 0 Å². The van der Waals surface area contributed by atoms with Gasteiger partial charge in [0.2, 0.25) is 5.91 Å². The van der Waals surface area contributed by atoms with Crippen LogP contribution in [-0.2, 0) is 17.8 Å². The average molecular weight is 365 g/mol. The molecule has 4 rings (SSSR count). The van der Waals surface area contributed by atoms with Crippen LogP contribution in [0, 0.1) is 5.92 Å². The average Bonchev–Trinajstić information content (AvgIpc) is 2.73. The van der Waals surface area contributed by atoms with Crippen molar-refractivity contribution in [2.24, 2.45) is 5.92 Å². The number of carbonyl (C=O) groups excluding carboxylic acids is 1. The molecule has 1 saturated heterocycles. The highest BCUT2D eigenvalue weighted by molar-refractivity contribution is 5.80. The van der Waals surface area contributed by atoms with E-state index in [1.807, 2.05) is 30.3 Å². The molecule has 5 heteroatoms. The van der Waals surface area contributed by atoms with E-state index in [1.54, 1.807) is 12.4 Å². The van der Waals surface area contributed by atoms with E-state index in [1.165, 1.54) is 0 Å². The van der Waals surface area contributed by atoms with E-state index in [9.17, 15) is 4.79 Å². The zero-order valence-electron chi connectivity index (χ0n) is 15.9. The standard InChI is InChI=1S/C22H27N3O2/c1-24-12-8-20(9-13-24)25(15-17-6-10-23-11-7-17)22(26)19-14-18-4-2-3-5-21(18)27-16-19/h2-7,10-11,19-20H,8-9,12-16H2,1H3/t19-/m0/s1. The Labute approximate surface area is 161 Å².